The van der Waals surface area contributed by atoms with Crippen molar-refractivity contribution in [1.82, 2.24) is 5.32 Å². The molecule has 0 saturated heterocycles. The number of nitrogens with one attached hydrogen (secondary N) is 1. The second kappa shape index (κ2) is 7.68. The molecule has 6 heteroatoms. The van der Waals surface area contributed by atoms with Crippen LogP contribution >= 0.6 is 38.9 Å². The lowest BCUT2D eigenvalue weighted by atomic mass is 10.0. The van der Waals surface area contributed by atoms with Gasteiger partial charge in [-0.05, 0) is 58.9 Å². The molecule has 0 saturated carbocycles. The van der Waals surface area contributed by atoms with Gasteiger partial charge in [-0.3, -0.25) is 0 Å². The van der Waals surface area contributed by atoms with E-state index < -0.39 is 11.6 Å². The van der Waals surface area contributed by atoms with Gasteiger partial charge in [0.2, 0.25) is 0 Å². The van der Waals surface area contributed by atoms with Crippen molar-refractivity contribution in [2.24, 2.45) is 0 Å². The first-order chi connectivity index (χ1) is 10.0. The first kappa shape index (κ1) is 16.9. The Balaban J connectivity index is 2.32. The lowest BCUT2D eigenvalue weighted by molar-refractivity contribution is 0.493. The molecule has 1 nitrogen and oxygen atoms in total. The summed E-state index contributed by atoms with van der Waals surface area (Å²) < 4.78 is 28.3. The van der Waals surface area contributed by atoms with Gasteiger partial charge in [0.1, 0.15) is 11.6 Å². The molecule has 2 aromatic rings. The van der Waals surface area contributed by atoms with E-state index in [0.29, 0.717) is 5.02 Å². The first-order valence-corrected chi connectivity index (χ1v) is 8.68. The third-order valence-electron chi connectivity index (χ3n) is 3.15. The highest BCUT2D eigenvalue weighted by Crippen LogP contribution is 2.33. The largest absolute Gasteiger partial charge is 0.309 e. The van der Waals surface area contributed by atoms with Crippen molar-refractivity contribution in [3.05, 3.63) is 55.1 Å². The van der Waals surface area contributed by atoms with Gasteiger partial charge < -0.3 is 5.32 Å². The summed E-state index contributed by atoms with van der Waals surface area (Å²) in [4.78, 5) is 0.906. The smallest absolute Gasteiger partial charge is 0.143 e. The monoisotopic (exact) mass is 393 g/mol. The van der Waals surface area contributed by atoms with Crippen LogP contribution in [0.1, 0.15) is 29.8 Å². The van der Waals surface area contributed by atoms with Crippen LogP contribution in [0.5, 0.6) is 0 Å². The normalized spacial score (nSPS) is 12.6. The molecule has 1 atom stereocenters. The summed E-state index contributed by atoms with van der Waals surface area (Å²) in [7, 11) is 0. The first-order valence-electron chi connectivity index (χ1n) is 6.63. The molecular weight excluding hydrogens is 380 g/mol. The van der Waals surface area contributed by atoms with Gasteiger partial charge in [-0.25, -0.2) is 8.78 Å². The summed E-state index contributed by atoms with van der Waals surface area (Å²) in [5.41, 5.74) is 0.0717. The minimum absolute atomic E-state index is 0.0717. The maximum atomic E-state index is 14.1. The van der Waals surface area contributed by atoms with Crippen LogP contribution in [0.3, 0.4) is 0 Å². The van der Waals surface area contributed by atoms with Crippen molar-refractivity contribution in [3.8, 4) is 0 Å². The Morgan fingerprint density at radius 2 is 2.10 bits per heavy atom. The quantitative estimate of drug-likeness (QED) is 0.617. The van der Waals surface area contributed by atoms with Crippen LogP contribution < -0.4 is 5.32 Å². The van der Waals surface area contributed by atoms with Crippen molar-refractivity contribution < 1.29 is 8.78 Å². The van der Waals surface area contributed by atoms with Crippen LogP contribution in [0.15, 0.2) is 28.1 Å². The topological polar surface area (TPSA) is 12.0 Å². The summed E-state index contributed by atoms with van der Waals surface area (Å²) in [6, 6.07) is 4.25. The van der Waals surface area contributed by atoms with Crippen LogP contribution in [-0.4, -0.2) is 6.54 Å². The van der Waals surface area contributed by atoms with Gasteiger partial charge in [-0.1, -0.05) is 18.5 Å². The third-order valence-corrected chi connectivity index (χ3v) is 5.23. The molecular formula is C15H15BrClF2NS. The molecule has 0 amide bonds. The molecule has 1 aromatic heterocycles. The fourth-order valence-corrected chi connectivity index (χ4v) is 3.73. The molecule has 0 spiro atoms. The summed E-state index contributed by atoms with van der Waals surface area (Å²) >= 11 is 10.8. The number of hydrogen-bond donors (Lipinski definition) is 1. The van der Waals surface area contributed by atoms with Crippen molar-refractivity contribution in [1.29, 1.82) is 0 Å². The number of halogens is 4. The Hall–Kier alpha value is -0.490. The minimum atomic E-state index is -0.550. The van der Waals surface area contributed by atoms with Gasteiger partial charge in [-0.15, -0.1) is 11.3 Å². The standard InChI is InChI=1S/C15H15BrClF2NS/c1-2-6-20-13(15-11(17)5-7-21-15)8-9-12(18)4-3-10(16)14(9)19/h3-5,7,13,20H,2,6,8H2,1H3. The number of rotatable bonds is 6. The summed E-state index contributed by atoms with van der Waals surface area (Å²) in [6.45, 7) is 2.80. The molecule has 21 heavy (non-hydrogen) atoms. The van der Waals surface area contributed by atoms with E-state index in [1.165, 1.54) is 23.5 Å². The van der Waals surface area contributed by atoms with E-state index in [1.54, 1.807) is 6.07 Å². The molecule has 1 unspecified atom stereocenters. The van der Waals surface area contributed by atoms with Gasteiger partial charge in [0.25, 0.3) is 0 Å². The van der Waals surface area contributed by atoms with Crippen LogP contribution in [0.4, 0.5) is 8.78 Å². The van der Waals surface area contributed by atoms with E-state index in [-0.39, 0.29) is 22.5 Å². The molecule has 0 aliphatic heterocycles. The zero-order valence-electron chi connectivity index (χ0n) is 11.4. The van der Waals surface area contributed by atoms with E-state index in [2.05, 4.69) is 21.2 Å². The second-order valence-electron chi connectivity index (χ2n) is 4.67. The molecule has 0 radical (unpaired) electrons. The van der Waals surface area contributed by atoms with Gasteiger partial charge in [0.05, 0.1) is 9.50 Å². The third kappa shape index (κ3) is 4.03. The number of hydrogen-bond acceptors (Lipinski definition) is 2. The zero-order chi connectivity index (χ0) is 15.4. The van der Waals surface area contributed by atoms with Crippen molar-refractivity contribution >= 4 is 38.9 Å². The minimum Gasteiger partial charge on any atom is -0.309 e. The van der Waals surface area contributed by atoms with Gasteiger partial charge in [0.15, 0.2) is 0 Å². The van der Waals surface area contributed by atoms with Crippen LogP contribution in [0.25, 0.3) is 0 Å². The molecule has 2 rings (SSSR count). The van der Waals surface area contributed by atoms with Gasteiger partial charge >= 0.3 is 0 Å². The maximum Gasteiger partial charge on any atom is 0.143 e. The number of benzene rings is 1. The molecule has 1 aromatic carbocycles. The Morgan fingerprint density at radius 3 is 2.71 bits per heavy atom. The van der Waals surface area contributed by atoms with E-state index in [0.717, 1.165) is 17.8 Å². The van der Waals surface area contributed by atoms with Crippen molar-refractivity contribution in [2.45, 2.75) is 25.8 Å². The van der Waals surface area contributed by atoms with Crippen LogP contribution in [-0.2, 0) is 6.42 Å². The lowest BCUT2D eigenvalue weighted by Crippen LogP contribution is -2.24. The maximum absolute atomic E-state index is 14.1. The number of thiophene rings is 1. The lowest BCUT2D eigenvalue weighted by Gasteiger charge is -2.19. The van der Waals surface area contributed by atoms with E-state index >= 15 is 0 Å². The predicted molar refractivity (Wildman–Crippen MR) is 88.1 cm³/mol. The summed E-state index contributed by atoms with van der Waals surface area (Å²) in [6.07, 6.45) is 1.15. The van der Waals surface area contributed by atoms with E-state index in [1.807, 2.05) is 12.3 Å². The van der Waals surface area contributed by atoms with Gasteiger partial charge in [-0.2, -0.15) is 0 Å². The summed E-state index contributed by atoms with van der Waals surface area (Å²) in [5, 5.41) is 5.82. The fourth-order valence-electron chi connectivity index (χ4n) is 2.09. The van der Waals surface area contributed by atoms with Crippen molar-refractivity contribution in [2.75, 3.05) is 6.54 Å². The van der Waals surface area contributed by atoms with Crippen LogP contribution in [0.2, 0.25) is 5.02 Å². The van der Waals surface area contributed by atoms with Gasteiger partial charge in [0, 0.05) is 16.5 Å². The SMILES string of the molecule is CCCNC(Cc1c(F)ccc(Br)c1F)c1sccc1Cl. The molecule has 0 bridgehead atoms. The highest BCUT2D eigenvalue weighted by atomic mass is 79.9. The molecule has 1 heterocycles. The molecule has 0 aliphatic rings. The average Bonchev–Trinajstić information content (AvgIpc) is 2.89. The fraction of sp³-hybridized carbons (Fsp3) is 0.333. The molecule has 114 valence electrons. The zero-order valence-corrected chi connectivity index (χ0v) is 14.6. The second-order valence-corrected chi connectivity index (χ2v) is 6.87. The summed E-state index contributed by atoms with van der Waals surface area (Å²) in [5.74, 6) is -1.09. The molecule has 1 N–H and O–H groups in total. The Kier molecular flexibility index (Phi) is 6.17. The van der Waals surface area contributed by atoms with Crippen molar-refractivity contribution in [3.63, 3.8) is 0 Å². The van der Waals surface area contributed by atoms with E-state index in [9.17, 15) is 8.78 Å². The Labute approximate surface area is 140 Å². The molecule has 0 fully saturated rings. The van der Waals surface area contributed by atoms with E-state index in [4.69, 9.17) is 11.6 Å². The average molecular weight is 395 g/mol. The Bertz CT molecular complexity index is 618. The predicted octanol–water partition coefficient (Wildman–Crippen LogP) is 5.73. The van der Waals surface area contributed by atoms with Crippen LogP contribution in [0, 0.1) is 11.6 Å². The molecule has 0 aliphatic carbocycles. The Morgan fingerprint density at radius 1 is 1.33 bits per heavy atom. The highest BCUT2D eigenvalue weighted by molar-refractivity contribution is 9.10. The highest BCUT2D eigenvalue weighted by Gasteiger charge is 2.21.